The van der Waals surface area contributed by atoms with Crippen LogP contribution < -0.4 is 10.9 Å². The zero-order chi connectivity index (χ0) is 15.7. The molecule has 1 aromatic carbocycles. The van der Waals surface area contributed by atoms with Crippen LogP contribution in [0.3, 0.4) is 0 Å². The Morgan fingerprint density at radius 2 is 2.27 bits per heavy atom. The van der Waals surface area contributed by atoms with E-state index in [0.717, 1.165) is 4.40 Å². The van der Waals surface area contributed by atoms with Crippen LogP contribution >= 0.6 is 11.6 Å². The highest BCUT2D eigenvalue weighted by atomic mass is 35.5. The maximum Gasteiger partial charge on any atom is 0.274 e. The first kappa shape index (κ1) is 14.0. The molecule has 0 spiro atoms. The molecule has 0 aliphatic carbocycles. The molecular formula is C14H8ClN4O3. The molecule has 22 heavy (non-hydrogen) atoms. The number of hydrogen-bond donors (Lipinski definition) is 2. The Morgan fingerprint density at radius 1 is 1.45 bits per heavy atom. The van der Waals surface area contributed by atoms with Gasteiger partial charge in [-0.25, -0.2) is 0 Å². The predicted octanol–water partition coefficient (Wildman–Crippen LogP) is 1.50. The van der Waals surface area contributed by atoms with E-state index in [1.807, 2.05) is 0 Å². The summed E-state index contributed by atoms with van der Waals surface area (Å²) in [5, 5.41) is 12.5. The Bertz CT molecular complexity index is 939. The highest BCUT2D eigenvalue weighted by Gasteiger charge is 2.20. The van der Waals surface area contributed by atoms with E-state index < -0.39 is 22.9 Å². The number of carbonyl (C=O) groups is 1. The second-order valence-electron chi connectivity index (χ2n) is 4.27. The van der Waals surface area contributed by atoms with E-state index in [-0.39, 0.29) is 16.4 Å². The van der Waals surface area contributed by atoms with Gasteiger partial charge in [0.1, 0.15) is 0 Å². The number of amides is 1. The minimum atomic E-state index is -0.817. The van der Waals surface area contributed by atoms with Crippen LogP contribution in [0, 0.1) is 6.07 Å². The maximum absolute atomic E-state index is 12.3. The Labute approximate surface area is 128 Å². The molecule has 2 heterocycles. The summed E-state index contributed by atoms with van der Waals surface area (Å²) in [6, 6.07) is 7.44. The summed E-state index contributed by atoms with van der Waals surface area (Å²) in [6.45, 7) is 0. The lowest BCUT2D eigenvalue weighted by Crippen LogP contribution is -2.27. The molecule has 2 aromatic heterocycles. The number of anilines is 1. The Kier molecular flexibility index (Phi) is 3.48. The van der Waals surface area contributed by atoms with E-state index in [1.165, 1.54) is 18.6 Å². The van der Waals surface area contributed by atoms with Crippen molar-refractivity contribution in [3.05, 3.63) is 63.8 Å². The SMILES string of the molecule is O=C(Nc1ccc[c]c1Cl)c1c(O)nc2cnccn2c1=O. The van der Waals surface area contributed by atoms with Crippen molar-refractivity contribution in [2.24, 2.45) is 0 Å². The van der Waals surface area contributed by atoms with Crippen LogP contribution in [0.25, 0.3) is 5.65 Å². The van der Waals surface area contributed by atoms with Gasteiger partial charge in [-0.05, 0) is 6.07 Å². The smallest absolute Gasteiger partial charge is 0.274 e. The summed E-state index contributed by atoms with van der Waals surface area (Å²) in [4.78, 5) is 32.1. The van der Waals surface area contributed by atoms with Crippen molar-refractivity contribution in [3.8, 4) is 5.88 Å². The van der Waals surface area contributed by atoms with Crippen molar-refractivity contribution < 1.29 is 9.90 Å². The lowest BCUT2D eigenvalue weighted by Gasteiger charge is -2.08. The van der Waals surface area contributed by atoms with Crippen molar-refractivity contribution in [3.63, 3.8) is 0 Å². The summed E-state index contributed by atoms with van der Waals surface area (Å²) in [5.74, 6) is -1.49. The molecule has 3 rings (SSSR count). The first-order chi connectivity index (χ1) is 10.6. The second-order valence-corrected chi connectivity index (χ2v) is 4.65. The number of halogens is 1. The Balaban J connectivity index is 2.08. The highest BCUT2D eigenvalue weighted by Crippen LogP contribution is 2.21. The third kappa shape index (κ3) is 2.38. The minimum Gasteiger partial charge on any atom is -0.493 e. The van der Waals surface area contributed by atoms with E-state index >= 15 is 0 Å². The van der Waals surface area contributed by atoms with Gasteiger partial charge >= 0.3 is 0 Å². The van der Waals surface area contributed by atoms with Crippen LogP contribution in [0.15, 0.2) is 41.6 Å². The summed E-state index contributed by atoms with van der Waals surface area (Å²) < 4.78 is 1.11. The van der Waals surface area contributed by atoms with E-state index in [4.69, 9.17) is 11.6 Å². The van der Waals surface area contributed by atoms with Crippen molar-refractivity contribution >= 4 is 28.8 Å². The van der Waals surface area contributed by atoms with Crippen molar-refractivity contribution in [1.29, 1.82) is 0 Å². The van der Waals surface area contributed by atoms with Crippen LogP contribution in [0.2, 0.25) is 5.02 Å². The minimum absolute atomic E-state index is 0.132. The lowest BCUT2D eigenvalue weighted by molar-refractivity contribution is 0.102. The fourth-order valence-corrected chi connectivity index (χ4v) is 2.06. The van der Waals surface area contributed by atoms with Gasteiger partial charge in [0, 0.05) is 18.5 Å². The van der Waals surface area contributed by atoms with E-state index in [2.05, 4.69) is 21.4 Å². The Morgan fingerprint density at radius 3 is 3.05 bits per heavy atom. The van der Waals surface area contributed by atoms with Gasteiger partial charge in [0.25, 0.3) is 11.5 Å². The molecule has 109 valence electrons. The van der Waals surface area contributed by atoms with Crippen molar-refractivity contribution in [2.75, 3.05) is 5.32 Å². The summed E-state index contributed by atoms with van der Waals surface area (Å²) in [7, 11) is 0. The van der Waals surface area contributed by atoms with Crippen LogP contribution in [0.5, 0.6) is 5.88 Å². The number of hydrogen-bond acceptors (Lipinski definition) is 5. The zero-order valence-corrected chi connectivity index (χ0v) is 11.7. The molecular weight excluding hydrogens is 308 g/mol. The third-order valence-corrected chi connectivity index (χ3v) is 3.21. The summed E-state index contributed by atoms with van der Waals surface area (Å²) in [5.41, 5.74) is -0.789. The van der Waals surface area contributed by atoms with E-state index in [9.17, 15) is 14.7 Å². The molecule has 7 nitrogen and oxygen atoms in total. The molecule has 0 fully saturated rings. The molecule has 0 saturated carbocycles. The Hall–Kier alpha value is -2.93. The molecule has 1 radical (unpaired) electrons. The number of nitrogens with zero attached hydrogens (tertiary/aromatic N) is 3. The average Bonchev–Trinajstić information content (AvgIpc) is 2.49. The lowest BCUT2D eigenvalue weighted by atomic mass is 10.2. The molecule has 0 saturated heterocycles. The van der Waals surface area contributed by atoms with Gasteiger partial charge < -0.3 is 10.4 Å². The molecule has 0 atom stereocenters. The average molecular weight is 316 g/mol. The number of aromatic hydroxyl groups is 1. The molecule has 0 bridgehead atoms. The topological polar surface area (TPSA) is 96.6 Å². The number of nitrogens with one attached hydrogen (secondary N) is 1. The third-order valence-electron chi connectivity index (χ3n) is 2.90. The standard InChI is InChI=1S/C14H8ClN4O3/c15-8-3-1-2-4-9(8)17-12(20)11-13(21)18-10-7-16-5-6-19(10)14(11)22/h1-2,4-7,21H,(H,17,20). The predicted molar refractivity (Wildman–Crippen MR) is 79.2 cm³/mol. The molecule has 0 aliphatic heterocycles. The van der Waals surface area contributed by atoms with Gasteiger partial charge in [-0.2, -0.15) is 4.98 Å². The van der Waals surface area contributed by atoms with Crippen molar-refractivity contribution in [1.82, 2.24) is 14.4 Å². The maximum atomic E-state index is 12.3. The molecule has 1 amide bonds. The van der Waals surface area contributed by atoms with Gasteiger partial charge in [-0.1, -0.05) is 23.7 Å². The van der Waals surface area contributed by atoms with Crippen molar-refractivity contribution in [2.45, 2.75) is 0 Å². The molecule has 3 aromatic rings. The van der Waals surface area contributed by atoms with Crippen LogP contribution in [0.4, 0.5) is 5.69 Å². The first-order valence-electron chi connectivity index (χ1n) is 6.11. The number of fused-ring (bicyclic) bond motifs is 1. The fourth-order valence-electron chi connectivity index (χ4n) is 1.88. The van der Waals surface area contributed by atoms with Crippen LogP contribution in [0.1, 0.15) is 10.4 Å². The van der Waals surface area contributed by atoms with Gasteiger partial charge in [0.2, 0.25) is 5.88 Å². The van der Waals surface area contributed by atoms with Gasteiger partial charge in [-0.15, -0.1) is 0 Å². The second kappa shape index (κ2) is 5.45. The summed E-state index contributed by atoms with van der Waals surface area (Å²) in [6.07, 6.45) is 4.02. The van der Waals surface area contributed by atoms with E-state index in [1.54, 1.807) is 18.2 Å². The van der Waals surface area contributed by atoms with Crippen LogP contribution in [-0.4, -0.2) is 25.4 Å². The largest absolute Gasteiger partial charge is 0.493 e. The van der Waals surface area contributed by atoms with Gasteiger partial charge in [0.05, 0.1) is 16.9 Å². The first-order valence-corrected chi connectivity index (χ1v) is 6.48. The molecule has 8 heteroatoms. The normalized spacial score (nSPS) is 10.6. The van der Waals surface area contributed by atoms with Gasteiger partial charge in [0.15, 0.2) is 11.2 Å². The van der Waals surface area contributed by atoms with Gasteiger partial charge in [-0.3, -0.25) is 19.0 Å². The highest BCUT2D eigenvalue weighted by molar-refractivity contribution is 6.33. The number of rotatable bonds is 2. The molecule has 0 unspecified atom stereocenters. The molecule has 2 N–H and O–H groups in total. The quantitative estimate of drug-likeness (QED) is 0.747. The fraction of sp³-hybridized carbons (Fsp3) is 0. The number of carbonyl (C=O) groups excluding carboxylic acids is 1. The summed E-state index contributed by atoms with van der Waals surface area (Å²) >= 11 is 5.89. The number of aromatic nitrogens is 3. The molecule has 0 aliphatic rings. The monoisotopic (exact) mass is 315 g/mol. The number of benzene rings is 1. The van der Waals surface area contributed by atoms with Crippen LogP contribution in [-0.2, 0) is 0 Å². The zero-order valence-electron chi connectivity index (χ0n) is 10.9. The van der Waals surface area contributed by atoms with E-state index in [0.29, 0.717) is 0 Å².